The molecule has 3 aromatic carbocycles. The van der Waals surface area contributed by atoms with E-state index in [2.05, 4.69) is 15.5 Å². The van der Waals surface area contributed by atoms with E-state index in [-0.39, 0.29) is 0 Å². The Hall–Kier alpha value is -3.41. The minimum absolute atomic E-state index is 0.395. The molecule has 0 bridgehead atoms. The number of azo groups is 1. The average molecular weight is 337 g/mol. The Morgan fingerprint density at radius 2 is 1.28 bits per heavy atom. The van der Waals surface area contributed by atoms with Crippen LogP contribution in [0.5, 0.6) is 0 Å². The van der Waals surface area contributed by atoms with Gasteiger partial charge < -0.3 is 5.32 Å². The first kappa shape index (κ1) is 16.4. The van der Waals surface area contributed by atoms with Crippen molar-refractivity contribution in [3.05, 3.63) is 90.0 Å². The van der Waals surface area contributed by atoms with Crippen LogP contribution in [0, 0.1) is 11.6 Å². The Kier molecular flexibility index (Phi) is 4.89. The van der Waals surface area contributed by atoms with E-state index in [9.17, 15) is 13.6 Å². The molecule has 6 heteroatoms. The lowest BCUT2D eigenvalue weighted by Crippen LogP contribution is -2.15. The molecule has 0 unspecified atom stereocenters. The summed E-state index contributed by atoms with van der Waals surface area (Å²) in [7, 11) is 0. The quantitative estimate of drug-likeness (QED) is 0.616. The van der Waals surface area contributed by atoms with Gasteiger partial charge in [-0.15, -0.1) is 0 Å². The van der Waals surface area contributed by atoms with Crippen molar-refractivity contribution in [1.29, 1.82) is 0 Å². The molecule has 0 fully saturated rings. The molecule has 0 aliphatic rings. The second kappa shape index (κ2) is 7.44. The molecule has 3 aromatic rings. The van der Waals surface area contributed by atoms with Gasteiger partial charge in [-0.25, -0.2) is 8.78 Å². The fourth-order valence-corrected chi connectivity index (χ4v) is 2.13. The first-order chi connectivity index (χ1) is 12.1. The predicted octanol–water partition coefficient (Wildman–Crippen LogP) is 5.63. The lowest BCUT2D eigenvalue weighted by molar-refractivity contribution is 0.101. The van der Waals surface area contributed by atoms with Gasteiger partial charge >= 0.3 is 0 Å². The fraction of sp³-hybridized carbons (Fsp3) is 0. The molecule has 0 spiro atoms. The minimum Gasteiger partial charge on any atom is -0.322 e. The van der Waals surface area contributed by atoms with E-state index in [1.54, 1.807) is 24.3 Å². The van der Waals surface area contributed by atoms with Gasteiger partial charge in [-0.2, -0.15) is 10.2 Å². The SMILES string of the molecule is O=C(Nc1ccc(N=Nc2ccccc2)cc1)c1c(F)cccc1F. The van der Waals surface area contributed by atoms with Crippen molar-refractivity contribution in [2.45, 2.75) is 0 Å². The third-order valence-electron chi connectivity index (χ3n) is 3.35. The van der Waals surface area contributed by atoms with Crippen molar-refractivity contribution in [3.63, 3.8) is 0 Å². The first-order valence-corrected chi connectivity index (χ1v) is 7.46. The number of anilines is 1. The number of amides is 1. The van der Waals surface area contributed by atoms with Crippen LogP contribution in [0.2, 0.25) is 0 Å². The maximum atomic E-state index is 13.6. The number of benzene rings is 3. The molecule has 0 radical (unpaired) electrons. The molecule has 124 valence electrons. The Morgan fingerprint density at radius 3 is 1.88 bits per heavy atom. The summed E-state index contributed by atoms with van der Waals surface area (Å²) in [6, 6.07) is 18.9. The number of hydrogen-bond acceptors (Lipinski definition) is 3. The molecule has 0 saturated heterocycles. The molecule has 0 aromatic heterocycles. The van der Waals surface area contributed by atoms with E-state index in [0.717, 1.165) is 17.8 Å². The van der Waals surface area contributed by atoms with Crippen LogP contribution in [0.15, 0.2) is 83.0 Å². The molecule has 0 heterocycles. The van der Waals surface area contributed by atoms with Gasteiger partial charge in [-0.1, -0.05) is 24.3 Å². The highest BCUT2D eigenvalue weighted by Gasteiger charge is 2.16. The largest absolute Gasteiger partial charge is 0.322 e. The molecular weight excluding hydrogens is 324 g/mol. The molecule has 25 heavy (non-hydrogen) atoms. The van der Waals surface area contributed by atoms with E-state index in [1.807, 2.05) is 30.3 Å². The number of nitrogens with zero attached hydrogens (tertiary/aromatic N) is 2. The summed E-state index contributed by atoms with van der Waals surface area (Å²) in [6.07, 6.45) is 0. The molecule has 1 N–H and O–H groups in total. The Morgan fingerprint density at radius 1 is 0.720 bits per heavy atom. The normalized spacial score (nSPS) is 10.8. The summed E-state index contributed by atoms with van der Waals surface area (Å²) in [6.45, 7) is 0. The smallest absolute Gasteiger partial charge is 0.261 e. The van der Waals surface area contributed by atoms with Gasteiger partial charge in [0.1, 0.15) is 17.2 Å². The molecular formula is C19H13F2N3O. The van der Waals surface area contributed by atoms with E-state index < -0.39 is 23.1 Å². The lowest BCUT2D eigenvalue weighted by Gasteiger charge is -2.07. The highest BCUT2D eigenvalue weighted by atomic mass is 19.1. The van der Waals surface area contributed by atoms with Crippen molar-refractivity contribution < 1.29 is 13.6 Å². The topological polar surface area (TPSA) is 53.8 Å². The van der Waals surface area contributed by atoms with E-state index in [0.29, 0.717) is 11.4 Å². The maximum Gasteiger partial charge on any atom is 0.261 e. The average Bonchev–Trinajstić information content (AvgIpc) is 2.62. The number of halogens is 2. The van der Waals surface area contributed by atoms with E-state index in [4.69, 9.17) is 0 Å². The zero-order valence-electron chi connectivity index (χ0n) is 13.0. The van der Waals surface area contributed by atoms with Crippen LogP contribution >= 0.6 is 0 Å². The summed E-state index contributed by atoms with van der Waals surface area (Å²) >= 11 is 0. The van der Waals surface area contributed by atoms with Gasteiger partial charge in [0.05, 0.1) is 11.4 Å². The predicted molar refractivity (Wildman–Crippen MR) is 91.4 cm³/mol. The first-order valence-electron chi connectivity index (χ1n) is 7.46. The van der Waals surface area contributed by atoms with Crippen LogP contribution in [0.3, 0.4) is 0 Å². The molecule has 0 saturated carbocycles. The fourth-order valence-electron chi connectivity index (χ4n) is 2.13. The van der Waals surface area contributed by atoms with Crippen molar-refractivity contribution in [2.75, 3.05) is 5.32 Å². The zero-order valence-corrected chi connectivity index (χ0v) is 13.0. The third-order valence-corrected chi connectivity index (χ3v) is 3.35. The van der Waals surface area contributed by atoms with Crippen LogP contribution in [-0.4, -0.2) is 5.91 Å². The Bertz CT molecular complexity index is 889. The van der Waals surface area contributed by atoms with E-state index >= 15 is 0 Å². The lowest BCUT2D eigenvalue weighted by atomic mass is 10.1. The summed E-state index contributed by atoms with van der Waals surface area (Å²) < 4.78 is 27.2. The molecule has 3 rings (SSSR count). The summed E-state index contributed by atoms with van der Waals surface area (Å²) in [5.74, 6) is -2.68. The maximum absolute atomic E-state index is 13.6. The zero-order chi connectivity index (χ0) is 17.6. The van der Waals surface area contributed by atoms with Gasteiger partial charge in [0.2, 0.25) is 0 Å². The van der Waals surface area contributed by atoms with Gasteiger partial charge in [0, 0.05) is 5.69 Å². The standard InChI is InChI=1S/C19H13F2N3O/c20-16-7-4-8-17(21)18(16)19(25)22-13-9-11-15(12-10-13)24-23-14-5-2-1-3-6-14/h1-12H,(H,22,25). The minimum atomic E-state index is -0.911. The molecule has 0 atom stereocenters. The van der Waals surface area contributed by atoms with Crippen LogP contribution in [-0.2, 0) is 0 Å². The van der Waals surface area contributed by atoms with E-state index in [1.165, 1.54) is 6.07 Å². The Labute approximate surface area is 142 Å². The highest BCUT2D eigenvalue weighted by molar-refractivity contribution is 6.04. The molecule has 0 aliphatic heterocycles. The third kappa shape index (κ3) is 4.11. The number of hydrogen-bond donors (Lipinski definition) is 1. The van der Waals surface area contributed by atoms with Crippen molar-refractivity contribution >= 4 is 23.0 Å². The molecule has 1 amide bonds. The van der Waals surface area contributed by atoms with Gasteiger partial charge in [0.25, 0.3) is 5.91 Å². The second-order valence-electron chi connectivity index (χ2n) is 5.13. The molecule has 4 nitrogen and oxygen atoms in total. The number of nitrogens with one attached hydrogen (secondary N) is 1. The summed E-state index contributed by atoms with van der Waals surface area (Å²) in [5.41, 5.74) is 1.08. The summed E-state index contributed by atoms with van der Waals surface area (Å²) in [5, 5.41) is 10.6. The van der Waals surface area contributed by atoms with Crippen LogP contribution in [0.1, 0.15) is 10.4 Å². The van der Waals surface area contributed by atoms with Gasteiger partial charge in [0.15, 0.2) is 0 Å². The number of rotatable bonds is 4. The number of carbonyl (C=O) groups is 1. The monoisotopic (exact) mass is 337 g/mol. The van der Waals surface area contributed by atoms with Crippen molar-refractivity contribution in [2.24, 2.45) is 10.2 Å². The second-order valence-corrected chi connectivity index (χ2v) is 5.13. The van der Waals surface area contributed by atoms with Crippen LogP contribution < -0.4 is 5.32 Å². The highest BCUT2D eigenvalue weighted by Crippen LogP contribution is 2.21. The van der Waals surface area contributed by atoms with Crippen LogP contribution in [0.25, 0.3) is 0 Å². The summed E-state index contributed by atoms with van der Waals surface area (Å²) in [4.78, 5) is 12.0. The van der Waals surface area contributed by atoms with Crippen LogP contribution in [0.4, 0.5) is 25.8 Å². The van der Waals surface area contributed by atoms with Gasteiger partial charge in [-0.05, 0) is 48.5 Å². The van der Waals surface area contributed by atoms with Gasteiger partial charge in [-0.3, -0.25) is 4.79 Å². The molecule has 0 aliphatic carbocycles. The Balaban J connectivity index is 1.70. The number of carbonyl (C=O) groups excluding carboxylic acids is 1. The van der Waals surface area contributed by atoms with Crippen molar-refractivity contribution in [3.8, 4) is 0 Å². The van der Waals surface area contributed by atoms with Crippen molar-refractivity contribution in [1.82, 2.24) is 0 Å².